The highest BCUT2D eigenvalue weighted by atomic mass is 35.5. The molecule has 0 saturated carbocycles. The molecule has 1 aromatic heterocycles. The molecule has 0 aliphatic heterocycles. The average Bonchev–Trinajstić information content (AvgIpc) is 2.58. The first-order valence-corrected chi connectivity index (χ1v) is 8.63. The maximum atomic E-state index is 10.7. The number of anilines is 1. The third-order valence-electron chi connectivity index (χ3n) is 2.82. The van der Waals surface area contributed by atoms with Crippen molar-refractivity contribution in [2.24, 2.45) is 0 Å². The van der Waals surface area contributed by atoms with Gasteiger partial charge in [-0.1, -0.05) is 37.6 Å². The summed E-state index contributed by atoms with van der Waals surface area (Å²) in [5.74, 6) is 1.59. The Labute approximate surface area is 146 Å². The van der Waals surface area contributed by atoms with Crippen LogP contribution >= 0.6 is 23.4 Å². The first-order valence-electron chi connectivity index (χ1n) is 7.27. The van der Waals surface area contributed by atoms with Gasteiger partial charge in [0.2, 0.25) is 6.41 Å². The highest BCUT2D eigenvalue weighted by Gasteiger charge is 2.10. The summed E-state index contributed by atoms with van der Waals surface area (Å²) in [7, 11) is 1.64. The number of aromatic nitrogens is 1. The third kappa shape index (κ3) is 5.77. The van der Waals surface area contributed by atoms with E-state index in [1.165, 1.54) is 0 Å². The molecular weight excluding hydrogens is 332 g/mol. The Kier molecular flexibility index (Phi) is 8.51. The van der Waals surface area contributed by atoms with E-state index in [0.717, 1.165) is 27.7 Å². The molecule has 0 atom stereocenters. The van der Waals surface area contributed by atoms with Crippen LogP contribution in [0.25, 0.3) is 0 Å². The van der Waals surface area contributed by atoms with Gasteiger partial charge in [-0.2, -0.15) is 0 Å². The minimum atomic E-state index is 0.305. The molecule has 2 rings (SSSR count). The first kappa shape index (κ1) is 19.3. The molecule has 0 unspecified atom stereocenters. The number of carbonyl (C=O) groups is 1. The van der Waals surface area contributed by atoms with Crippen molar-refractivity contribution >= 4 is 35.5 Å². The number of pyridine rings is 1. The van der Waals surface area contributed by atoms with E-state index in [4.69, 9.17) is 16.3 Å². The molecule has 1 N–H and O–H groups in total. The molecule has 0 spiro atoms. The fraction of sp³-hybridized carbons (Fsp3) is 0.294. The molecule has 1 amide bonds. The number of benzene rings is 1. The van der Waals surface area contributed by atoms with E-state index in [0.29, 0.717) is 17.3 Å². The van der Waals surface area contributed by atoms with Gasteiger partial charge in [0.1, 0.15) is 5.75 Å². The van der Waals surface area contributed by atoms with E-state index < -0.39 is 0 Å². The lowest BCUT2D eigenvalue weighted by Gasteiger charge is -2.11. The summed E-state index contributed by atoms with van der Waals surface area (Å²) in [5, 5.41) is 2.92. The standard InChI is InChI=1S/C15H15ClN2O2S.C2H6/c1-10-7-13(14(17-9-19)15(16)18-10)21-8-11-3-5-12(20-2)6-4-11;1-2/h3-7,9H,8H2,1-2H3,(H,17,19);1-2H3. The fourth-order valence-electron chi connectivity index (χ4n) is 1.79. The average molecular weight is 353 g/mol. The maximum absolute atomic E-state index is 10.7. The molecule has 0 aliphatic carbocycles. The van der Waals surface area contributed by atoms with Crippen LogP contribution < -0.4 is 10.1 Å². The second-order valence-corrected chi connectivity index (χ2v) is 5.70. The number of halogens is 1. The van der Waals surface area contributed by atoms with Crippen molar-refractivity contribution in [2.75, 3.05) is 12.4 Å². The third-order valence-corrected chi connectivity index (χ3v) is 4.21. The van der Waals surface area contributed by atoms with Crippen LogP contribution in [0.5, 0.6) is 5.75 Å². The zero-order valence-electron chi connectivity index (χ0n) is 13.7. The quantitative estimate of drug-likeness (QED) is 0.454. The maximum Gasteiger partial charge on any atom is 0.211 e. The smallest absolute Gasteiger partial charge is 0.211 e. The number of ether oxygens (including phenoxy) is 1. The van der Waals surface area contributed by atoms with Crippen LogP contribution in [0.3, 0.4) is 0 Å². The predicted molar refractivity (Wildman–Crippen MR) is 97.6 cm³/mol. The highest BCUT2D eigenvalue weighted by molar-refractivity contribution is 7.98. The number of aryl methyl sites for hydroxylation is 1. The number of nitrogens with one attached hydrogen (secondary N) is 1. The molecular formula is C17H21ClN2O2S. The molecule has 23 heavy (non-hydrogen) atoms. The van der Waals surface area contributed by atoms with Crippen LogP contribution in [0.4, 0.5) is 5.69 Å². The molecule has 0 bridgehead atoms. The van der Waals surface area contributed by atoms with Gasteiger partial charge in [0.25, 0.3) is 0 Å². The van der Waals surface area contributed by atoms with Gasteiger partial charge in [0, 0.05) is 16.3 Å². The molecule has 124 valence electrons. The summed E-state index contributed by atoms with van der Waals surface area (Å²) in [6, 6.07) is 9.77. The lowest BCUT2D eigenvalue weighted by Crippen LogP contribution is -1.99. The minimum absolute atomic E-state index is 0.305. The Hall–Kier alpha value is -1.72. The Morgan fingerprint density at radius 1 is 1.30 bits per heavy atom. The fourth-order valence-corrected chi connectivity index (χ4v) is 3.21. The molecule has 1 aromatic carbocycles. The molecule has 0 radical (unpaired) electrons. The molecule has 0 saturated heterocycles. The summed E-state index contributed by atoms with van der Waals surface area (Å²) in [6.07, 6.45) is 0.607. The first-order chi connectivity index (χ1) is 11.1. The number of hydrogen-bond donors (Lipinski definition) is 1. The van der Waals surface area contributed by atoms with Crippen molar-refractivity contribution in [3.8, 4) is 5.75 Å². The second-order valence-electron chi connectivity index (χ2n) is 4.33. The van der Waals surface area contributed by atoms with Crippen molar-refractivity contribution in [3.63, 3.8) is 0 Å². The Morgan fingerprint density at radius 2 is 1.96 bits per heavy atom. The number of thioether (sulfide) groups is 1. The zero-order valence-corrected chi connectivity index (χ0v) is 15.3. The van der Waals surface area contributed by atoms with E-state index in [1.807, 2.05) is 51.1 Å². The Morgan fingerprint density at radius 3 is 2.52 bits per heavy atom. The Bertz CT molecular complexity index is 633. The number of methoxy groups -OCH3 is 1. The van der Waals surface area contributed by atoms with Crippen molar-refractivity contribution in [2.45, 2.75) is 31.4 Å². The normalized spacial score (nSPS) is 9.61. The van der Waals surface area contributed by atoms with Crippen LogP contribution in [-0.2, 0) is 10.5 Å². The van der Waals surface area contributed by atoms with Crippen molar-refractivity contribution < 1.29 is 9.53 Å². The van der Waals surface area contributed by atoms with Gasteiger partial charge >= 0.3 is 0 Å². The summed E-state index contributed by atoms with van der Waals surface area (Å²) in [5.41, 5.74) is 2.52. The van der Waals surface area contributed by atoms with Crippen LogP contribution in [-0.4, -0.2) is 18.5 Å². The molecule has 0 fully saturated rings. The van der Waals surface area contributed by atoms with Crippen molar-refractivity contribution in [3.05, 3.63) is 46.7 Å². The van der Waals surface area contributed by atoms with Crippen LogP contribution in [0.1, 0.15) is 25.1 Å². The van der Waals surface area contributed by atoms with Gasteiger partial charge in [0.05, 0.1) is 12.8 Å². The summed E-state index contributed by atoms with van der Waals surface area (Å²) in [4.78, 5) is 15.7. The minimum Gasteiger partial charge on any atom is -0.497 e. The van der Waals surface area contributed by atoms with Gasteiger partial charge in [0.15, 0.2) is 5.15 Å². The summed E-state index contributed by atoms with van der Waals surface area (Å²) >= 11 is 7.67. The van der Waals surface area contributed by atoms with E-state index in [-0.39, 0.29) is 0 Å². The number of amides is 1. The van der Waals surface area contributed by atoms with E-state index >= 15 is 0 Å². The van der Waals surface area contributed by atoms with Gasteiger partial charge in [-0.3, -0.25) is 4.79 Å². The van der Waals surface area contributed by atoms with Gasteiger partial charge in [-0.05, 0) is 30.7 Å². The molecule has 6 heteroatoms. The van der Waals surface area contributed by atoms with E-state index in [2.05, 4.69) is 10.3 Å². The number of carbonyl (C=O) groups excluding carboxylic acids is 1. The number of nitrogens with zero attached hydrogens (tertiary/aromatic N) is 1. The summed E-state index contributed by atoms with van der Waals surface area (Å²) < 4.78 is 5.13. The highest BCUT2D eigenvalue weighted by Crippen LogP contribution is 2.34. The lowest BCUT2D eigenvalue weighted by molar-refractivity contribution is -0.105. The number of hydrogen-bond acceptors (Lipinski definition) is 4. The topological polar surface area (TPSA) is 51.2 Å². The Balaban J connectivity index is 0.00000127. The van der Waals surface area contributed by atoms with Gasteiger partial charge in [-0.25, -0.2) is 4.98 Å². The lowest BCUT2D eigenvalue weighted by atomic mass is 10.2. The largest absolute Gasteiger partial charge is 0.497 e. The van der Waals surface area contributed by atoms with Crippen molar-refractivity contribution in [1.82, 2.24) is 4.98 Å². The monoisotopic (exact) mass is 352 g/mol. The van der Waals surface area contributed by atoms with E-state index in [1.54, 1.807) is 18.9 Å². The second kappa shape index (κ2) is 10.1. The SMILES string of the molecule is CC.COc1ccc(CSc2cc(C)nc(Cl)c2NC=O)cc1. The van der Waals surface area contributed by atoms with E-state index in [9.17, 15) is 4.79 Å². The molecule has 1 heterocycles. The predicted octanol–water partition coefficient (Wildman–Crippen LogP) is 4.94. The van der Waals surface area contributed by atoms with Gasteiger partial charge < -0.3 is 10.1 Å². The zero-order chi connectivity index (χ0) is 17.2. The van der Waals surface area contributed by atoms with Crippen LogP contribution in [0.15, 0.2) is 35.2 Å². The number of rotatable bonds is 6. The van der Waals surface area contributed by atoms with Gasteiger partial charge in [-0.15, -0.1) is 11.8 Å². The summed E-state index contributed by atoms with van der Waals surface area (Å²) in [6.45, 7) is 5.87. The van der Waals surface area contributed by atoms with Crippen LogP contribution in [0.2, 0.25) is 5.15 Å². The molecule has 4 nitrogen and oxygen atoms in total. The molecule has 0 aliphatic rings. The molecule has 2 aromatic rings. The van der Waals surface area contributed by atoms with Crippen molar-refractivity contribution in [1.29, 1.82) is 0 Å². The van der Waals surface area contributed by atoms with Crippen LogP contribution in [0, 0.1) is 6.92 Å².